The van der Waals surface area contributed by atoms with E-state index in [9.17, 15) is 9.90 Å². The molecule has 5 heteroatoms. The molecule has 2 atom stereocenters. The maximum absolute atomic E-state index is 11.7. The fourth-order valence-corrected chi connectivity index (χ4v) is 2.53. The van der Waals surface area contributed by atoms with Gasteiger partial charge in [-0.2, -0.15) is 0 Å². The minimum absolute atomic E-state index is 0.146. The Bertz CT molecular complexity index is 415. The highest BCUT2D eigenvalue weighted by Crippen LogP contribution is 2.18. The monoisotopic (exact) mass is 284 g/mol. The van der Waals surface area contributed by atoms with Gasteiger partial charge in [0.15, 0.2) is 0 Å². The van der Waals surface area contributed by atoms with Gasteiger partial charge in [-0.3, -0.25) is 0 Å². The average Bonchev–Trinajstić information content (AvgIpc) is 2.78. The summed E-state index contributed by atoms with van der Waals surface area (Å²) in [6.07, 6.45) is 0.880. The molecule has 1 aromatic heterocycles. The smallest absolute Gasteiger partial charge is 0.315 e. The van der Waals surface area contributed by atoms with Crippen molar-refractivity contribution in [3.05, 3.63) is 21.9 Å². The Kier molecular flexibility index (Phi) is 5.82. The molecule has 1 rings (SSSR count). The number of hydrogen-bond donors (Lipinski definition) is 3. The van der Waals surface area contributed by atoms with E-state index in [2.05, 4.69) is 10.6 Å². The van der Waals surface area contributed by atoms with Crippen molar-refractivity contribution in [1.82, 2.24) is 10.6 Å². The van der Waals surface area contributed by atoms with Gasteiger partial charge in [0.2, 0.25) is 0 Å². The topological polar surface area (TPSA) is 61.4 Å². The molecular weight excluding hydrogens is 260 g/mol. The number of aryl methyl sites for hydroxylation is 1. The highest BCUT2D eigenvalue weighted by atomic mass is 32.1. The van der Waals surface area contributed by atoms with Crippen LogP contribution in [0, 0.1) is 12.8 Å². The zero-order valence-electron chi connectivity index (χ0n) is 12.1. The van der Waals surface area contributed by atoms with Crippen LogP contribution in [0.2, 0.25) is 0 Å². The van der Waals surface area contributed by atoms with E-state index >= 15 is 0 Å². The van der Waals surface area contributed by atoms with Crippen molar-refractivity contribution in [2.75, 3.05) is 6.54 Å². The average molecular weight is 284 g/mol. The number of carbonyl (C=O) groups is 1. The predicted octanol–water partition coefficient (Wildman–Crippen LogP) is 2.65. The molecule has 108 valence electrons. The summed E-state index contributed by atoms with van der Waals surface area (Å²) in [4.78, 5) is 12.8. The predicted molar refractivity (Wildman–Crippen MR) is 79.4 cm³/mol. The molecule has 2 unspecified atom stereocenters. The third-order valence-corrected chi connectivity index (χ3v) is 4.68. The molecule has 0 bridgehead atoms. The first kappa shape index (κ1) is 16.0. The first-order valence-corrected chi connectivity index (χ1v) is 7.51. The first-order chi connectivity index (χ1) is 8.86. The molecular formula is C14H24N2O2S. The van der Waals surface area contributed by atoms with Crippen LogP contribution >= 0.6 is 11.3 Å². The van der Waals surface area contributed by atoms with Crippen molar-refractivity contribution in [1.29, 1.82) is 0 Å². The zero-order valence-corrected chi connectivity index (χ0v) is 12.9. The van der Waals surface area contributed by atoms with Crippen LogP contribution in [0.25, 0.3) is 0 Å². The van der Waals surface area contributed by atoms with Gasteiger partial charge in [0.25, 0.3) is 0 Å². The van der Waals surface area contributed by atoms with Crippen LogP contribution in [0.15, 0.2) is 11.4 Å². The molecule has 0 saturated carbocycles. The Morgan fingerprint density at radius 3 is 2.74 bits per heavy atom. The summed E-state index contributed by atoms with van der Waals surface area (Å²) in [5, 5.41) is 17.7. The van der Waals surface area contributed by atoms with E-state index in [-0.39, 0.29) is 18.5 Å². The van der Waals surface area contributed by atoms with Gasteiger partial charge in [-0.1, -0.05) is 20.3 Å². The van der Waals surface area contributed by atoms with Crippen molar-refractivity contribution in [2.24, 2.45) is 5.92 Å². The third kappa shape index (κ3) is 4.84. The van der Waals surface area contributed by atoms with Gasteiger partial charge in [-0.25, -0.2) is 4.79 Å². The zero-order chi connectivity index (χ0) is 14.5. The quantitative estimate of drug-likeness (QED) is 0.752. The standard InChI is InChI=1S/C14H24N2O2S/c1-5-11(3)14(4,18)9-16-13(17)15-8-12-10(2)6-7-19-12/h6-7,11,18H,5,8-9H2,1-4H3,(H2,15,16,17). The lowest BCUT2D eigenvalue weighted by Crippen LogP contribution is -2.47. The summed E-state index contributed by atoms with van der Waals surface area (Å²) in [5.41, 5.74) is 0.321. The van der Waals surface area contributed by atoms with Crippen LogP contribution in [0.4, 0.5) is 4.79 Å². The molecule has 0 saturated heterocycles. The minimum atomic E-state index is -0.870. The minimum Gasteiger partial charge on any atom is -0.388 e. The number of hydrogen-bond acceptors (Lipinski definition) is 3. The van der Waals surface area contributed by atoms with Crippen LogP contribution in [-0.4, -0.2) is 23.3 Å². The van der Waals surface area contributed by atoms with Crippen LogP contribution in [0.1, 0.15) is 37.6 Å². The maximum atomic E-state index is 11.7. The lowest BCUT2D eigenvalue weighted by atomic mass is 9.89. The molecule has 0 radical (unpaired) electrons. The Labute approximate surface area is 119 Å². The molecule has 0 aliphatic heterocycles. The van der Waals surface area contributed by atoms with Gasteiger partial charge < -0.3 is 15.7 Å². The second-order valence-corrected chi connectivity index (χ2v) is 6.23. The number of nitrogens with one attached hydrogen (secondary N) is 2. The van der Waals surface area contributed by atoms with Gasteiger partial charge in [-0.05, 0) is 36.8 Å². The summed E-state index contributed by atoms with van der Waals surface area (Å²) >= 11 is 1.63. The number of aliphatic hydroxyl groups is 1. The molecule has 1 aromatic rings. The van der Waals surface area contributed by atoms with E-state index in [0.717, 1.165) is 11.3 Å². The number of thiophene rings is 1. The van der Waals surface area contributed by atoms with Crippen molar-refractivity contribution in [2.45, 2.75) is 46.3 Å². The van der Waals surface area contributed by atoms with Crippen molar-refractivity contribution in [3.63, 3.8) is 0 Å². The van der Waals surface area contributed by atoms with Gasteiger partial charge in [0.1, 0.15) is 0 Å². The number of carbonyl (C=O) groups excluding carboxylic acids is 1. The molecule has 0 fully saturated rings. The normalized spacial score (nSPS) is 15.6. The van der Waals surface area contributed by atoms with Crippen LogP contribution in [0.3, 0.4) is 0 Å². The highest BCUT2D eigenvalue weighted by Gasteiger charge is 2.27. The van der Waals surface area contributed by atoms with E-state index in [1.165, 1.54) is 5.56 Å². The third-order valence-electron chi connectivity index (χ3n) is 3.66. The van der Waals surface area contributed by atoms with E-state index in [1.807, 2.05) is 32.2 Å². The maximum Gasteiger partial charge on any atom is 0.315 e. The van der Waals surface area contributed by atoms with Gasteiger partial charge in [0.05, 0.1) is 12.1 Å². The number of urea groups is 1. The molecule has 0 aliphatic rings. The summed E-state index contributed by atoms with van der Waals surface area (Å²) in [6, 6.07) is 1.80. The summed E-state index contributed by atoms with van der Waals surface area (Å²) in [5.74, 6) is 0.146. The van der Waals surface area contributed by atoms with Crippen molar-refractivity contribution < 1.29 is 9.90 Å². The van der Waals surface area contributed by atoms with Crippen molar-refractivity contribution >= 4 is 17.4 Å². The molecule has 4 nitrogen and oxygen atoms in total. The van der Waals surface area contributed by atoms with E-state index in [1.54, 1.807) is 18.3 Å². The van der Waals surface area contributed by atoms with E-state index < -0.39 is 5.60 Å². The van der Waals surface area contributed by atoms with Crippen LogP contribution < -0.4 is 10.6 Å². The SMILES string of the molecule is CCC(C)C(C)(O)CNC(=O)NCc1sccc1C. The highest BCUT2D eigenvalue weighted by molar-refractivity contribution is 7.10. The summed E-state index contributed by atoms with van der Waals surface area (Å²) in [6.45, 7) is 8.58. The number of rotatable bonds is 6. The lowest BCUT2D eigenvalue weighted by Gasteiger charge is -2.29. The Balaban J connectivity index is 2.34. The Hall–Kier alpha value is -1.07. The van der Waals surface area contributed by atoms with Crippen LogP contribution in [-0.2, 0) is 6.54 Å². The van der Waals surface area contributed by atoms with Crippen molar-refractivity contribution in [3.8, 4) is 0 Å². The van der Waals surface area contributed by atoms with Gasteiger partial charge in [0, 0.05) is 11.4 Å². The van der Waals surface area contributed by atoms with Crippen LogP contribution in [0.5, 0.6) is 0 Å². The van der Waals surface area contributed by atoms with Gasteiger partial charge >= 0.3 is 6.03 Å². The second kappa shape index (κ2) is 6.91. The Morgan fingerprint density at radius 2 is 2.21 bits per heavy atom. The first-order valence-electron chi connectivity index (χ1n) is 6.64. The number of amides is 2. The Morgan fingerprint density at radius 1 is 1.53 bits per heavy atom. The lowest BCUT2D eigenvalue weighted by molar-refractivity contribution is 0.00790. The largest absolute Gasteiger partial charge is 0.388 e. The van der Waals surface area contributed by atoms with E-state index in [0.29, 0.717) is 6.54 Å². The fraction of sp³-hybridized carbons (Fsp3) is 0.643. The van der Waals surface area contributed by atoms with E-state index in [4.69, 9.17) is 0 Å². The molecule has 2 amide bonds. The second-order valence-electron chi connectivity index (χ2n) is 5.23. The molecule has 1 heterocycles. The molecule has 3 N–H and O–H groups in total. The molecule has 19 heavy (non-hydrogen) atoms. The summed E-state index contributed by atoms with van der Waals surface area (Å²) in [7, 11) is 0. The fourth-order valence-electron chi connectivity index (χ4n) is 1.68. The van der Waals surface area contributed by atoms with Gasteiger partial charge in [-0.15, -0.1) is 11.3 Å². The molecule has 0 spiro atoms. The molecule has 0 aromatic carbocycles. The summed E-state index contributed by atoms with van der Waals surface area (Å²) < 4.78 is 0. The molecule has 0 aliphatic carbocycles.